The number of carbonyl (C=O) groups excluding carboxylic acids is 1. The summed E-state index contributed by atoms with van der Waals surface area (Å²) in [6, 6.07) is 6.71. The predicted molar refractivity (Wildman–Crippen MR) is 91.2 cm³/mol. The number of methoxy groups -OCH3 is 1. The lowest BCUT2D eigenvalue weighted by Crippen LogP contribution is -2.58. The van der Waals surface area contributed by atoms with Gasteiger partial charge in [-0.2, -0.15) is 0 Å². The van der Waals surface area contributed by atoms with Gasteiger partial charge in [0.15, 0.2) is 24.0 Å². The van der Waals surface area contributed by atoms with E-state index in [4.69, 9.17) is 33.2 Å². The molecule has 5 atom stereocenters. The van der Waals surface area contributed by atoms with Gasteiger partial charge in [-0.15, -0.1) is 0 Å². The van der Waals surface area contributed by atoms with Crippen LogP contribution in [0.4, 0.5) is 0 Å². The normalized spacial score (nSPS) is 36.0. The number of rotatable bonds is 3. The molecule has 0 aliphatic carbocycles. The third-order valence-electron chi connectivity index (χ3n) is 4.66. The van der Waals surface area contributed by atoms with Gasteiger partial charge in [0.2, 0.25) is 0 Å². The molecule has 8 nitrogen and oxygen atoms in total. The van der Waals surface area contributed by atoms with Gasteiger partial charge in [-0.05, 0) is 52.0 Å². The van der Waals surface area contributed by atoms with E-state index in [2.05, 4.69) is 0 Å². The van der Waals surface area contributed by atoms with Crippen molar-refractivity contribution in [2.24, 2.45) is 0 Å². The molecule has 3 aliphatic rings. The minimum absolute atomic E-state index is 0.380. The van der Waals surface area contributed by atoms with E-state index >= 15 is 0 Å². The van der Waals surface area contributed by atoms with Gasteiger partial charge in [0, 0.05) is 0 Å². The molecule has 3 aliphatic heterocycles. The third-order valence-corrected chi connectivity index (χ3v) is 4.66. The van der Waals surface area contributed by atoms with Gasteiger partial charge in [0.25, 0.3) is 0 Å². The summed E-state index contributed by atoms with van der Waals surface area (Å²) in [6.07, 6.45) is -3.40. The summed E-state index contributed by atoms with van der Waals surface area (Å²) in [4.78, 5) is 12.8. The Morgan fingerprint density at radius 3 is 2.07 bits per heavy atom. The molecule has 0 radical (unpaired) electrons. The molecule has 1 aromatic rings. The second-order valence-electron chi connectivity index (χ2n) is 7.69. The Hall–Kier alpha value is -1.71. The highest BCUT2D eigenvalue weighted by Gasteiger charge is 2.62. The Labute approximate surface area is 157 Å². The predicted octanol–water partition coefficient (Wildman–Crippen LogP) is 2.00. The van der Waals surface area contributed by atoms with Gasteiger partial charge in [-0.1, -0.05) is 0 Å². The fraction of sp³-hybridized carbons (Fsp3) is 0.632. The largest absolute Gasteiger partial charge is 0.497 e. The van der Waals surface area contributed by atoms with Crippen LogP contribution in [0.5, 0.6) is 11.5 Å². The number of hydrogen-bond acceptors (Lipinski definition) is 8. The highest BCUT2D eigenvalue weighted by molar-refractivity contribution is 5.78. The minimum atomic E-state index is -1.00. The van der Waals surface area contributed by atoms with E-state index < -0.39 is 48.2 Å². The van der Waals surface area contributed by atoms with Gasteiger partial charge in [-0.25, -0.2) is 4.79 Å². The first kappa shape index (κ1) is 18.6. The summed E-state index contributed by atoms with van der Waals surface area (Å²) in [7, 11) is 1.57. The number of fused-ring (bicyclic) bond motifs is 3. The van der Waals surface area contributed by atoms with Crippen molar-refractivity contribution in [1.29, 1.82) is 0 Å². The molecule has 8 heteroatoms. The van der Waals surface area contributed by atoms with E-state index in [9.17, 15) is 4.79 Å². The number of esters is 1. The van der Waals surface area contributed by atoms with E-state index in [1.54, 1.807) is 59.1 Å². The maximum Gasteiger partial charge on any atom is 0.343 e. The van der Waals surface area contributed by atoms with E-state index in [-0.39, 0.29) is 0 Å². The average molecular weight is 380 g/mol. The Morgan fingerprint density at radius 1 is 0.852 bits per heavy atom. The van der Waals surface area contributed by atoms with Gasteiger partial charge in [0.1, 0.15) is 29.8 Å². The number of benzene rings is 1. The molecule has 0 amide bonds. The SMILES string of the molecule is COc1ccc(OC(=O)[C@H]2O[C@H]3OC(C)(C)O[C@@H]3[C@@H]3OC(C)(C)O[C@H]32)cc1. The highest BCUT2D eigenvalue weighted by atomic mass is 16.9. The van der Waals surface area contributed by atoms with Crippen LogP contribution in [0.25, 0.3) is 0 Å². The standard InChI is InChI=1S/C19H24O8/c1-18(2)24-12-13(25-18)15-17(27-19(3,4)26-15)23-14(12)16(20)22-11-8-6-10(21-5)7-9-11/h6-9,12-15,17H,1-5H3/t12-,13-,14+,15-,17+/m1/s1. The van der Waals surface area contributed by atoms with Gasteiger partial charge >= 0.3 is 5.97 Å². The average Bonchev–Trinajstić information content (AvgIpc) is 3.08. The van der Waals surface area contributed by atoms with Crippen molar-refractivity contribution in [2.75, 3.05) is 7.11 Å². The van der Waals surface area contributed by atoms with Gasteiger partial charge < -0.3 is 33.2 Å². The third kappa shape index (κ3) is 3.55. The molecule has 0 N–H and O–H groups in total. The van der Waals surface area contributed by atoms with Crippen molar-refractivity contribution in [3.63, 3.8) is 0 Å². The first-order valence-corrected chi connectivity index (χ1v) is 8.90. The maximum absolute atomic E-state index is 12.8. The summed E-state index contributed by atoms with van der Waals surface area (Å²) in [5.74, 6) is -1.25. The molecule has 0 saturated carbocycles. The Kier molecular flexibility index (Phi) is 4.44. The first-order valence-electron chi connectivity index (χ1n) is 8.90. The maximum atomic E-state index is 12.8. The summed E-state index contributed by atoms with van der Waals surface area (Å²) < 4.78 is 40.1. The van der Waals surface area contributed by atoms with Crippen LogP contribution < -0.4 is 9.47 Å². The van der Waals surface area contributed by atoms with Crippen LogP contribution in [0.1, 0.15) is 27.7 Å². The molecule has 148 valence electrons. The van der Waals surface area contributed by atoms with Crippen LogP contribution in [-0.2, 0) is 28.5 Å². The van der Waals surface area contributed by atoms with Crippen LogP contribution >= 0.6 is 0 Å². The zero-order valence-corrected chi connectivity index (χ0v) is 16.0. The lowest BCUT2D eigenvalue weighted by molar-refractivity contribution is -0.236. The summed E-state index contributed by atoms with van der Waals surface area (Å²) in [5, 5.41) is 0. The number of hydrogen-bond donors (Lipinski definition) is 0. The van der Waals surface area contributed by atoms with Gasteiger partial charge in [0.05, 0.1) is 7.11 Å². The Morgan fingerprint density at radius 2 is 1.41 bits per heavy atom. The van der Waals surface area contributed by atoms with Crippen LogP contribution in [0.15, 0.2) is 24.3 Å². The van der Waals surface area contributed by atoms with Crippen molar-refractivity contribution in [3.8, 4) is 11.5 Å². The second kappa shape index (κ2) is 6.42. The lowest BCUT2D eigenvalue weighted by atomic mass is 9.99. The van der Waals surface area contributed by atoms with Crippen molar-refractivity contribution < 1.29 is 38.0 Å². The van der Waals surface area contributed by atoms with Crippen LogP contribution in [0.3, 0.4) is 0 Å². The fourth-order valence-electron chi connectivity index (χ4n) is 3.62. The van der Waals surface area contributed by atoms with Gasteiger partial charge in [-0.3, -0.25) is 0 Å². The summed E-state index contributed by atoms with van der Waals surface area (Å²) in [5.41, 5.74) is 0. The molecule has 4 rings (SSSR count). The van der Waals surface area contributed by atoms with Crippen molar-refractivity contribution in [2.45, 2.75) is 70.0 Å². The van der Waals surface area contributed by atoms with E-state index in [0.717, 1.165) is 0 Å². The molecule has 0 aromatic heterocycles. The van der Waals surface area contributed by atoms with E-state index in [0.29, 0.717) is 11.5 Å². The molecule has 3 fully saturated rings. The topological polar surface area (TPSA) is 81.7 Å². The van der Waals surface area contributed by atoms with E-state index in [1.807, 2.05) is 0 Å². The van der Waals surface area contributed by atoms with Crippen molar-refractivity contribution in [1.82, 2.24) is 0 Å². The number of ether oxygens (including phenoxy) is 7. The smallest absolute Gasteiger partial charge is 0.343 e. The molecule has 27 heavy (non-hydrogen) atoms. The number of carbonyl (C=O) groups is 1. The first-order chi connectivity index (χ1) is 12.7. The van der Waals surface area contributed by atoms with Crippen LogP contribution in [0.2, 0.25) is 0 Å². The molecule has 0 bridgehead atoms. The fourth-order valence-corrected chi connectivity index (χ4v) is 3.62. The Bertz CT molecular complexity index is 713. The zero-order valence-electron chi connectivity index (χ0n) is 16.0. The second-order valence-corrected chi connectivity index (χ2v) is 7.69. The molecular weight excluding hydrogens is 356 g/mol. The van der Waals surface area contributed by atoms with Crippen molar-refractivity contribution in [3.05, 3.63) is 24.3 Å². The zero-order chi connectivity index (χ0) is 19.4. The minimum Gasteiger partial charge on any atom is -0.497 e. The quantitative estimate of drug-likeness (QED) is 0.582. The summed E-state index contributed by atoms with van der Waals surface area (Å²) in [6.45, 7) is 7.14. The molecule has 3 heterocycles. The van der Waals surface area contributed by atoms with Crippen molar-refractivity contribution >= 4 is 5.97 Å². The lowest BCUT2D eigenvalue weighted by Gasteiger charge is -2.35. The summed E-state index contributed by atoms with van der Waals surface area (Å²) >= 11 is 0. The van der Waals surface area contributed by atoms with Crippen LogP contribution in [-0.4, -0.2) is 55.4 Å². The van der Waals surface area contributed by atoms with E-state index in [1.165, 1.54) is 0 Å². The molecule has 1 aromatic carbocycles. The van der Waals surface area contributed by atoms with Crippen LogP contribution in [0, 0.1) is 0 Å². The molecular formula is C19H24O8. The molecule has 3 saturated heterocycles. The highest BCUT2D eigenvalue weighted by Crippen LogP contribution is 2.44. The molecule has 0 spiro atoms. The molecule has 0 unspecified atom stereocenters. The monoisotopic (exact) mass is 380 g/mol. The Balaban J connectivity index is 1.55.